The van der Waals surface area contributed by atoms with Crippen molar-refractivity contribution >= 4 is 17.5 Å². The van der Waals surface area contributed by atoms with E-state index >= 15 is 0 Å². The summed E-state index contributed by atoms with van der Waals surface area (Å²) >= 11 is 5.81. The zero-order valence-electron chi connectivity index (χ0n) is 11.3. The van der Waals surface area contributed by atoms with Crippen LogP contribution in [0.25, 0.3) is 0 Å². The maximum atomic E-state index is 5.81. The molecule has 1 heterocycles. The zero-order chi connectivity index (χ0) is 13.5. The SMILES string of the molecule is CC(C)Oc1nc(Cl)nc(NCCCN(C)C)n1. The van der Waals surface area contributed by atoms with E-state index in [1.807, 2.05) is 27.9 Å². The van der Waals surface area contributed by atoms with Crippen LogP contribution in [-0.4, -0.2) is 53.1 Å². The summed E-state index contributed by atoms with van der Waals surface area (Å²) in [6.45, 7) is 5.59. The third-order valence-electron chi connectivity index (χ3n) is 1.99. The second-order valence-electron chi connectivity index (χ2n) is 4.46. The van der Waals surface area contributed by atoms with Crippen molar-refractivity contribution in [2.75, 3.05) is 32.5 Å². The molecular formula is C11H20ClN5O. The van der Waals surface area contributed by atoms with Gasteiger partial charge < -0.3 is 15.0 Å². The molecule has 18 heavy (non-hydrogen) atoms. The zero-order valence-corrected chi connectivity index (χ0v) is 12.0. The minimum atomic E-state index is 0.00468. The first kappa shape index (κ1) is 14.9. The number of ether oxygens (including phenoxy) is 1. The fraction of sp³-hybridized carbons (Fsp3) is 0.727. The van der Waals surface area contributed by atoms with Gasteiger partial charge in [0, 0.05) is 6.54 Å². The summed E-state index contributed by atoms with van der Waals surface area (Å²) in [4.78, 5) is 14.2. The average molecular weight is 274 g/mol. The van der Waals surface area contributed by atoms with E-state index in [2.05, 4.69) is 25.2 Å². The van der Waals surface area contributed by atoms with Crippen LogP contribution in [0.1, 0.15) is 20.3 Å². The van der Waals surface area contributed by atoms with Crippen LogP contribution < -0.4 is 10.1 Å². The van der Waals surface area contributed by atoms with E-state index in [0.717, 1.165) is 19.5 Å². The van der Waals surface area contributed by atoms with Gasteiger partial charge in [0.1, 0.15) is 0 Å². The minimum Gasteiger partial charge on any atom is -0.461 e. The maximum Gasteiger partial charge on any atom is 0.322 e. The fourth-order valence-electron chi connectivity index (χ4n) is 1.27. The van der Waals surface area contributed by atoms with Crippen LogP contribution in [0.15, 0.2) is 0 Å². The molecule has 0 spiro atoms. The van der Waals surface area contributed by atoms with Crippen LogP contribution >= 0.6 is 11.6 Å². The highest BCUT2D eigenvalue weighted by molar-refractivity contribution is 6.28. The third kappa shape index (κ3) is 5.97. The Bertz CT molecular complexity index is 372. The second-order valence-corrected chi connectivity index (χ2v) is 4.80. The number of hydrogen-bond acceptors (Lipinski definition) is 6. The first-order valence-electron chi connectivity index (χ1n) is 5.94. The molecule has 0 radical (unpaired) electrons. The molecule has 1 aromatic heterocycles. The second kappa shape index (κ2) is 7.33. The van der Waals surface area contributed by atoms with E-state index in [9.17, 15) is 0 Å². The molecule has 0 bridgehead atoms. The molecule has 0 amide bonds. The number of rotatable bonds is 7. The molecule has 0 atom stereocenters. The molecule has 0 aliphatic carbocycles. The van der Waals surface area contributed by atoms with E-state index in [1.165, 1.54) is 0 Å². The van der Waals surface area contributed by atoms with E-state index < -0.39 is 0 Å². The molecule has 0 aliphatic rings. The molecule has 7 heteroatoms. The van der Waals surface area contributed by atoms with Gasteiger partial charge in [0.25, 0.3) is 0 Å². The van der Waals surface area contributed by atoms with Gasteiger partial charge >= 0.3 is 6.01 Å². The van der Waals surface area contributed by atoms with Crippen LogP contribution in [0.5, 0.6) is 6.01 Å². The Labute approximate surface area is 113 Å². The molecule has 0 aromatic carbocycles. The molecule has 0 saturated carbocycles. The number of halogens is 1. The summed E-state index contributed by atoms with van der Waals surface area (Å²) in [5.74, 6) is 0.449. The lowest BCUT2D eigenvalue weighted by molar-refractivity contribution is 0.222. The fourth-order valence-corrected chi connectivity index (χ4v) is 1.42. The van der Waals surface area contributed by atoms with Gasteiger partial charge in [0.2, 0.25) is 11.2 Å². The number of nitrogens with one attached hydrogen (secondary N) is 1. The molecular weight excluding hydrogens is 254 g/mol. The lowest BCUT2D eigenvalue weighted by Gasteiger charge is -2.11. The Morgan fingerprint density at radius 2 is 2.00 bits per heavy atom. The molecule has 0 fully saturated rings. The van der Waals surface area contributed by atoms with Crippen LogP contribution in [0, 0.1) is 0 Å². The van der Waals surface area contributed by atoms with Gasteiger partial charge in [-0.1, -0.05) is 0 Å². The van der Waals surface area contributed by atoms with E-state index in [0.29, 0.717) is 5.95 Å². The standard InChI is InChI=1S/C11H20ClN5O/c1-8(2)18-11-15-9(12)14-10(16-11)13-6-5-7-17(3)4/h8H,5-7H2,1-4H3,(H,13,14,15,16). The summed E-state index contributed by atoms with van der Waals surface area (Å²) in [5.41, 5.74) is 0. The lowest BCUT2D eigenvalue weighted by Crippen LogP contribution is -2.17. The highest BCUT2D eigenvalue weighted by Crippen LogP contribution is 2.12. The quantitative estimate of drug-likeness (QED) is 0.763. The monoisotopic (exact) mass is 273 g/mol. The molecule has 1 rings (SSSR count). The Kier molecular flexibility index (Phi) is 6.07. The molecule has 0 saturated heterocycles. The number of anilines is 1. The first-order chi connectivity index (χ1) is 8.47. The van der Waals surface area contributed by atoms with Crippen LogP contribution in [0.4, 0.5) is 5.95 Å². The van der Waals surface area contributed by atoms with Gasteiger partial charge in [-0.05, 0) is 52.5 Å². The largest absolute Gasteiger partial charge is 0.461 e. The first-order valence-corrected chi connectivity index (χ1v) is 6.32. The molecule has 1 aromatic rings. The number of nitrogens with zero attached hydrogens (tertiary/aromatic N) is 4. The summed E-state index contributed by atoms with van der Waals surface area (Å²) in [5, 5.41) is 3.24. The van der Waals surface area contributed by atoms with Crippen molar-refractivity contribution in [3.05, 3.63) is 5.28 Å². The highest BCUT2D eigenvalue weighted by atomic mass is 35.5. The highest BCUT2D eigenvalue weighted by Gasteiger charge is 2.07. The Hall–Kier alpha value is -1.14. The maximum absolute atomic E-state index is 5.81. The molecule has 0 unspecified atom stereocenters. The van der Waals surface area contributed by atoms with Crippen LogP contribution in [0.2, 0.25) is 5.28 Å². The Balaban J connectivity index is 2.51. The van der Waals surface area contributed by atoms with Crippen molar-refractivity contribution in [3.63, 3.8) is 0 Å². The Morgan fingerprint density at radius 3 is 2.61 bits per heavy atom. The summed E-state index contributed by atoms with van der Waals surface area (Å²) in [7, 11) is 4.07. The molecule has 102 valence electrons. The van der Waals surface area contributed by atoms with Crippen LogP contribution in [-0.2, 0) is 0 Å². The minimum absolute atomic E-state index is 0.00468. The summed E-state index contributed by atoms with van der Waals surface area (Å²) < 4.78 is 5.39. The van der Waals surface area contributed by atoms with Gasteiger partial charge in [-0.25, -0.2) is 0 Å². The topological polar surface area (TPSA) is 63.2 Å². The molecule has 0 aliphatic heterocycles. The predicted molar refractivity (Wildman–Crippen MR) is 72.3 cm³/mol. The van der Waals surface area contributed by atoms with Crippen molar-refractivity contribution in [1.82, 2.24) is 19.9 Å². The lowest BCUT2D eigenvalue weighted by atomic mass is 10.4. The summed E-state index contributed by atoms with van der Waals surface area (Å²) in [6, 6.07) is 0.250. The van der Waals surface area contributed by atoms with Gasteiger partial charge in [0.05, 0.1) is 6.10 Å². The predicted octanol–water partition coefficient (Wildman–Crippen LogP) is 1.68. The van der Waals surface area contributed by atoms with Crippen molar-refractivity contribution in [3.8, 4) is 6.01 Å². The normalized spacial score (nSPS) is 11.1. The van der Waals surface area contributed by atoms with E-state index in [4.69, 9.17) is 16.3 Å². The van der Waals surface area contributed by atoms with E-state index in [1.54, 1.807) is 0 Å². The average Bonchev–Trinajstić information content (AvgIpc) is 2.22. The smallest absolute Gasteiger partial charge is 0.322 e. The third-order valence-corrected chi connectivity index (χ3v) is 2.16. The number of hydrogen-bond donors (Lipinski definition) is 1. The van der Waals surface area contributed by atoms with E-state index in [-0.39, 0.29) is 17.4 Å². The van der Waals surface area contributed by atoms with Crippen molar-refractivity contribution in [2.24, 2.45) is 0 Å². The van der Waals surface area contributed by atoms with Gasteiger partial charge in [0.15, 0.2) is 0 Å². The van der Waals surface area contributed by atoms with Gasteiger partial charge in [-0.15, -0.1) is 0 Å². The van der Waals surface area contributed by atoms with Gasteiger partial charge in [-0.2, -0.15) is 15.0 Å². The summed E-state index contributed by atoms with van der Waals surface area (Å²) in [6.07, 6.45) is 1.00. The van der Waals surface area contributed by atoms with Crippen molar-refractivity contribution in [2.45, 2.75) is 26.4 Å². The van der Waals surface area contributed by atoms with Crippen LogP contribution in [0.3, 0.4) is 0 Å². The molecule has 1 N–H and O–H groups in total. The van der Waals surface area contributed by atoms with Crippen molar-refractivity contribution in [1.29, 1.82) is 0 Å². The number of aromatic nitrogens is 3. The molecule has 6 nitrogen and oxygen atoms in total. The van der Waals surface area contributed by atoms with Crippen molar-refractivity contribution < 1.29 is 4.74 Å². The van der Waals surface area contributed by atoms with Gasteiger partial charge in [-0.3, -0.25) is 0 Å². The Morgan fingerprint density at radius 1 is 1.28 bits per heavy atom.